The van der Waals surface area contributed by atoms with E-state index in [9.17, 15) is 9.18 Å². The summed E-state index contributed by atoms with van der Waals surface area (Å²) in [6.07, 6.45) is 0. The zero-order chi connectivity index (χ0) is 18.7. The van der Waals surface area contributed by atoms with E-state index in [0.29, 0.717) is 16.4 Å². The van der Waals surface area contributed by atoms with Crippen LogP contribution < -0.4 is 10.2 Å². The molecule has 4 nitrogen and oxygen atoms in total. The minimum Gasteiger partial charge on any atom is -0.368 e. The molecule has 2 aromatic carbocycles. The second-order valence-corrected chi connectivity index (χ2v) is 6.86. The van der Waals surface area contributed by atoms with Crippen LogP contribution in [0.3, 0.4) is 0 Å². The molecular weight excluding hydrogens is 349 g/mol. The van der Waals surface area contributed by atoms with Crippen molar-refractivity contribution in [2.24, 2.45) is 0 Å². The van der Waals surface area contributed by atoms with Gasteiger partial charge < -0.3 is 15.1 Å². The predicted octanol–water partition coefficient (Wildman–Crippen LogP) is 3.86. The highest BCUT2D eigenvalue weighted by Crippen LogP contribution is 2.19. The number of carbonyl (C=O) groups excluding carboxylic acids is 1. The van der Waals surface area contributed by atoms with Gasteiger partial charge in [0.2, 0.25) is 0 Å². The van der Waals surface area contributed by atoms with Gasteiger partial charge in [0.05, 0.1) is 0 Å². The van der Waals surface area contributed by atoms with Crippen molar-refractivity contribution in [2.75, 3.05) is 36.4 Å². The van der Waals surface area contributed by atoms with Crippen LogP contribution in [0.15, 0.2) is 42.5 Å². The van der Waals surface area contributed by atoms with E-state index in [2.05, 4.69) is 15.1 Å². The highest BCUT2D eigenvalue weighted by Gasteiger charge is 2.19. The van der Waals surface area contributed by atoms with Crippen LogP contribution in [0.5, 0.6) is 0 Å². The second kappa shape index (κ2) is 7.83. The van der Waals surface area contributed by atoms with Crippen LogP contribution >= 0.6 is 12.2 Å². The van der Waals surface area contributed by atoms with Crippen molar-refractivity contribution >= 4 is 34.5 Å². The summed E-state index contributed by atoms with van der Waals surface area (Å²) in [5, 5.41) is 3.73. The van der Waals surface area contributed by atoms with Crippen LogP contribution in [0.25, 0.3) is 0 Å². The molecule has 0 spiro atoms. The standard InChI is InChI=1S/C20H22FN3OS/c1-14-3-6-17(13-19(14)21)22-20(26)24-11-9-23(10-12-24)18-7-4-16(5-8-18)15(2)25/h3-8,13H,9-12H2,1-2H3,(H,22,26). The third kappa shape index (κ3) is 4.19. The van der Waals surface area contributed by atoms with Crippen molar-refractivity contribution in [3.8, 4) is 0 Å². The van der Waals surface area contributed by atoms with E-state index in [-0.39, 0.29) is 11.6 Å². The molecule has 1 aliphatic heterocycles. The number of nitrogens with one attached hydrogen (secondary N) is 1. The Balaban J connectivity index is 1.56. The second-order valence-electron chi connectivity index (χ2n) is 6.47. The number of hydrogen-bond donors (Lipinski definition) is 1. The summed E-state index contributed by atoms with van der Waals surface area (Å²) < 4.78 is 13.7. The monoisotopic (exact) mass is 371 g/mol. The Kier molecular flexibility index (Phi) is 5.52. The van der Waals surface area contributed by atoms with Crippen molar-refractivity contribution in [3.05, 3.63) is 59.4 Å². The first kappa shape index (κ1) is 18.3. The Hall–Kier alpha value is -2.47. The number of nitrogens with zero attached hydrogens (tertiary/aromatic N) is 2. The van der Waals surface area contributed by atoms with Crippen molar-refractivity contribution in [1.29, 1.82) is 0 Å². The molecule has 1 N–H and O–H groups in total. The molecule has 136 valence electrons. The van der Waals surface area contributed by atoms with Gasteiger partial charge in [0.15, 0.2) is 10.9 Å². The molecule has 0 radical (unpaired) electrons. The molecule has 0 amide bonds. The summed E-state index contributed by atoms with van der Waals surface area (Å²) in [5.41, 5.74) is 3.11. The smallest absolute Gasteiger partial charge is 0.173 e. The van der Waals surface area contributed by atoms with Gasteiger partial charge in [-0.1, -0.05) is 6.07 Å². The summed E-state index contributed by atoms with van der Waals surface area (Å²) in [5.74, 6) is -0.165. The van der Waals surface area contributed by atoms with Crippen LogP contribution in [-0.2, 0) is 0 Å². The summed E-state index contributed by atoms with van der Waals surface area (Å²) in [4.78, 5) is 15.7. The molecule has 3 rings (SSSR count). The SMILES string of the molecule is CC(=O)c1ccc(N2CCN(C(=S)Nc3ccc(C)c(F)c3)CC2)cc1. The van der Waals surface area contributed by atoms with E-state index in [1.54, 1.807) is 19.9 Å². The number of rotatable bonds is 3. The van der Waals surface area contributed by atoms with Gasteiger partial charge in [0, 0.05) is 43.1 Å². The number of carbonyl (C=O) groups is 1. The quantitative estimate of drug-likeness (QED) is 0.655. The summed E-state index contributed by atoms with van der Waals surface area (Å²) in [6.45, 7) is 6.55. The fourth-order valence-electron chi connectivity index (χ4n) is 2.95. The van der Waals surface area contributed by atoms with Crippen molar-refractivity contribution in [1.82, 2.24) is 4.90 Å². The fourth-order valence-corrected chi connectivity index (χ4v) is 3.25. The van der Waals surface area contributed by atoms with Gasteiger partial charge in [-0.2, -0.15) is 0 Å². The Morgan fingerprint density at radius 2 is 1.73 bits per heavy atom. The maximum absolute atomic E-state index is 13.7. The minimum atomic E-state index is -0.239. The highest BCUT2D eigenvalue weighted by molar-refractivity contribution is 7.80. The Labute approximate surface area is 158 Å². The Bertz CT molecular complexity index is 814. The van der Waals surface area contributed by atoms with Crippen LogP contribution in [-0.4, -0.2) is 42.0 Å². The average Bonchev–Trinajstić information content (AvgIpc) is 2.65. The lowest BCUT2D eigenvalue weighted by molar-refractivity contribution is 0.101. The number of aryl methyl sites for hydroxylation is 1. The average molecular weight is 371 g/mol. The molecule has 0 saturated carbocycles. The lowest BCUT2D eigenvalue weighted by Gasteiger charge is -2.37. The lowest BCUT2D eigenvalue weighted by atomic mass is 10.1. The number of hydrogen-bond acceptors (Lipinski definition) is 3. The molecule has 0 bridgehead atoms. The van der Waals surface area contributed by atoms with E-state index in [1.807, 2.05) is 30.3 Å². The molecule has 0 aromatic heterocycles. The van der Waals surface area contributed by atoms with Gasteiger partial charge in [0.1, 0.15) is 5.82 Å². The van der Waals surface area contributed by atoms with Gasteiger partial charge in [-0.15, -0.1) is 0 Å². The van der Waals surface area contributed by atoms with Crippen molar-refractivity contribution < 1.29 is 9.18 Å². The normalized spacial score (nSPS) is 14.3. The molecule has 0 aliphatic carbocycles. The van der Waals surface area contributed by atoms with Gasteiger partial charge in [-0.25, -0.2) is 4.39 Å². The molecule has 1 heterocycles. The molecule has 1 saturated heterocycles. The molecule has 1 fully saturated rings. The Morgan fingerprint density at radius 1 is 1.08 bits per heavy atom. The van der Waals surface area contributed by atoms with Gasteiger partial charge >= 0.3 is 0 Å². The van der Waals surface area contributed by atoms with Gasteiger partial charge in [-0.05, 0) is 68.0 Å². The number of benzene rings is 2. The molecule has 0 atom stereocenters. The summed E-state index contributed by atoms with van der Waals surface area (Å²) >= 11 is 5.47. The summed E-state index contributed by atoms with van der Waals surface area (Å²) in [6, 6.07) is 12.7. The largest absolute Gasteiger partial charge is 0.368 e. The zero-order valence-corrected chi connectivity index (χ0v) is 15.8. The van der Waals surface area contributed by atoms with Gasteiger partial charge in [0.25, 0.3) is 0 Å². The van der Waals surface area contributed by atoms with Crippen molar-refractivity contribution in [3.63, 3.8) is 0 Å². The van der Waals surface area contributed by atoms with E-state index >= 15 is 0 Å². The number of ketones is 1. The lowest BCUT2D eigenvalue weighted by Crippen LogP contribution is -2.50. The summed E-state index contributed by atoms with van der Waals surface area (Å²) in [7, 11) is 0. The molecule has 26 heavy (non-hydrogen) atoms. The van der Waals surface area contributed by atoms with Crippen molar-refractivity contribution in [2.45, 2.75) is 13.8 Å². The van der Waals surface area contributed by atoms with Gasteiger partial charge in [-0.3, -0.25) is 4.79 Å². The van der Waals surface area contributed by atoms with E-state index in [1.165, 1.54) is 6.07 Å². The fraction of sp³-hybridized carbons (Fsp3) is 0.300. The first-order valence-electron chi connectivity index (χ1n) is 8.62. The van der Waals surface area contributed by atoms with E-state index < -0.39 is 0 Å². The Morgan fingerprint density at radius 3 is 2.31 bits per heavy atom. The third-order valence-electron chi connectivity index (χ3n) is 4.63. The topological polar surface area (TPSA) is 35.6 Å². The maximum Gasteiger partial charge on any atom is 0.173 e. The molecule has 6 heteroatoms. The zero-order valence-electron chi connectivity index (χ0n) is 15.0. The van der Waals surface area contributed by atoms with E-state index in [0.717, 1.165) is 37.4 Å². The predicted molar refractivity (Wildman–Crippen MR) is 108 cm³/mol. The van der Waals surface area contributed by atoms with Crippen LogP contribution in [0.1, 0.15) is 22.8 Å². The van der Waals surface area contributed by atoms with Crippen LogP contribution in [0.2, 0.25) is 0 Å². The minimum absolute atomic E-state index is 0.0744. The molecule has 1 aliphatic rings. The first-order valence-corrected chi connectivity index (χ1v) is 9.03. The molecule has 0 unspecified atom stereocenters. The maximum atomic E-state index is 13.7. The number of anilines is 2. The number of piperazine rings is 1. The van der Waals surface area contributed by atoms with E-state index in [4.69, 9.17) is 12.2 Å². The van der Waals surface area contributed by atoms with Crippen LogP contribution in [0.4, 0.5) is 15.8 Å². The molecule has 2 aromatic rings. The number of Topliss-reactive ketones (excluding diaryl/α,β-unsaturated/α-hetero) is 1. The number of thiocarbonyl (C=S) groups is 1. The third-order valence-corrected chi connectivity index (χ3v) is 4.99. The first-order chi connectivity index (χ1) is 12.4. The van der Waals surface area contributed by atoms with Crippen LogP contribution in [0, 0.1) is 12.7 Å². The highest BCUT2D eigenvalue weighted by atomic mass is 32.1. The number of halogens is 1. The molecular formula is C20H22FN3OS.